The average molecular weight is 217 g/mol. The highest BCUT2D eigenvalue weighted by atomic mass is 16.5. The van der Waals surface area contributed by atoms with Crippen molar-refractivity contribution in [3.05, 3.63) is 0 Å². The molecule has 0 amide bonds. The van der Waals surface area contributed by atoms with Crippen LogP contribution < -0.4 is 5.32 Å². The average Bonchev–Trinajstić information content (AvgIpc) is 2.13. The molecule has 15 heavy (non-hydrogen) atoms. The number of carboxylic acid groups (broad SMARTS) is 1. The minimum absolute atomic E-state index is 0.200. The highest BCUT2D eigenvalue weighted by molar-refractivity contribution is 5.73. The number of hydrogen-bond acceptors (Lipinski definition) is 4. The van der Waals surface area contributed by atoms with Crippen molar-refractivity contribution in [1.82, 2.24) is 5.32 Å². The Balaban J connectivity index is 2.20. The first-order valence-electron chi connectivity index (χ1n) is 5.26. The van der Waals surface area contributed by atoms with Gasteiger partial charge in [0.25, 0.3) is 0 Å². The predicted molar refractivity (Wildman–Crippen MR) is 54.9 cm³/mol. The number of aliphatic carboxylic acids is 1. The topological polar surface area (TPSA) is 67.8 Å². The zero-order valence-corrected chi connectivity index (χ0v) is 9.23. The number of hydrogen-bond donors (Lipinski definition) is 2. The molecule has 0 aliphatic heterocycles. The zero-order valence-electron chi connectivity index (χ0n) is 9.23. The van der Waals surface area contributed by atoms with Crippen LogP contribution in [0.1, 0.15) is 19.8 Å². The number of ether oxygens (including phenoxy) is 2. The molecule has 1 unspecified atom stereocenters. The van der Waals surface area contributed by atoms with E-state index in [9.17, 15) is 4.79 Å². The first kappa shape index (κ1) is 12.4. The predicted octanol–water partition coefficient (Wildman–Crippen LogP) is 0.243. The number of carboxylic acids is 1. The molecule has 0 radical (unpaired) electrons. The lowest BCUT2D eigenvalue weighted by atomic mass is 9.88. The third-order valence-electron chi connectivity index (χ3n) is 2.57. The largest absolute Gasteiger partial charge is 0.480 e. The van der Waals surface area contributed by atoms with Crippen molar-refractivity contribution in [1.29, 1.82) is 0 Å². The van der Waals surface area contributed by atoms with Gasteiger partial charge in [0, 0.05) is 19.8 Å². The normalized spacial score (nSPS) is 27.1. The maximum Gasteiger partial charge on any atom is 0.323 e. The fourth-order valence-electron chi connectivity index (χ4n) is 1.72. The molecule has 0 spiro atoms. The second-order valence-corrected chi connectivity index (χ2v) is 3.76. The standard InChI is InChI=1S/C10H19NO4/c1-3-15-8-4-7(5-8)11-9(6-14-2)10(12)13/h7-9,11H,3-6H2,1-2H3,(H,12,13). The van der Waals surface area contributed by atoms with Crippen LogP contribution in [-0.4, -0.2) is 49.6 Å². The van der Waals surface area contributed by atoms with Crippen LogP contribution in [0.2, 0.25) is 0 Å². The van der Waals surface area contributed by atoms with Gasteiger partial charge >= 0.3 is 5.97 Å². The summed E-state index contributed by atoms with van der Waals surface area (Å²) in [6.07, 6.45) is 2.08. The molecule has 0 aromatic heterocycles. The van der Waals surface area contributed by atoms with Gasteiger partial charge in [-0.05, 0) is 19.8 Å². The van der Waals surface area contributed by atoms with E-state index in [0.29, 0.717) is 6.10 Å². The number of methoxy groups -OCH3 is 1. The fraction of sp³-hybridized carbons (Fsp3) is 0.900. The van der Waals surface area contributed by atoms with Gasteiger partial charge < -0.3 is 14.6 Å². The molecule has 0 heterocycles. The first-order chi connectivity index (χ1) is 7.17. The molecule has 0 bridgehead atoms. The molecule has 5 nitrogen and oxygen atoms in total. The zero-order chi connectivity index (χ0) is 11.3. The van der Waals surface area contributed by atoms with Crippen molar-refractivity contribution >= 4 is 5.97 Å². The Kier molecular flexibility index (Phi) is 5.01. The van der Waals surface area contributed by atoms with Gasteiger partial charge in [-0.2, -0.15) is 0 Å². The first-order valence-corrected chi connectivity index (χ1v) is 5.26. The number of nitrogens with one attached hydrogen (secondary N) is 1. The van der Waals surface area contributed by atoms with Gasteiger partial charge in [0.05, 0.1) is 12.7 Å². The summed E-state index contributed by atoms with van der Waals surface area (Å²) in [4.78, 5) is 10.8. The van der Waals surface area contributed by atoms with E-state index in [1.54, 1.807) is 0 Å². The molecule has 5 heteroatoms. The van der Waals surface area contributed by atoms with Gasteiger partial charge in [-0.3, -0.25) is 10.1 Å². The molecular formula is C10H19NO4. The Labute approximate surface area is 89.8 Å². The Morgan fingerprint density at radius 3 is 2.73 bits per heavy atom. The summed E-state index contributed by atoms with van der Waals surface area (Å²) in [6.45, 7) is 2.88. The molecule has 0 saturated heterocycles. The van der Waals surface area contributed by atoms with E-state index in [4.69, 9.17) is 14.6 Å². The molecule has 1 aliphatic rings. The van der Waals surface area contributed by atoms with Crippen molar-refractivity contribution in [2.24, 2.45) is 0 Å². The summed E-state index contributed by atoms with van der Waals surface area (Å²) in [7, 11) is 1.50. The van der Waals surface area contributed by atoms with Crippen molar-refractivity contribution < 1.29 is 19.4 Å². The SMILES string of the molecule is CCOC1CC(NC(COC)C(=O)O)C1. The highest BCUT2D eigenvalue weighted by Gasteiger charge is 2.32. The smallest absolute Gasteiger partial charge is 0.323 e. The summed E-state index contributed by atoms with van der Waals surface area (Å²) in [5.74, 6) is -0.864. The lowest BCUT2D eigenvalue weighted by molar-refractivity contribution is -0.141. The van der Waals surface area contributed by atoms with E-state index in [1.165, 1.54) is 7.11 Å². The lowest BCUT2D eigenvalue weighted by Crippen LogP contribution is -2.53. The third kappa shape index (κ3) is 3.77. The number of carbonyl (C=O) groups is 1. The van der Waals surface area contributed by atoms with Crippen LogP contribution in [0, 0.1) is 0 Å². The van der Waals surface area contributed by atoms with Crippen LogP contribution in [0.5, 0.6) is 0 Å². The van der Waals surface area contributed by atoms with Gasteiger partial charge in [-0.15, -0.1) is 0 Å². The Bertz CT molecular complexity index is 204. The summed E-state index contributed by atoms with van der Waals surface area (Å²) in [5.41, 5.74) is 0. The van der Waals surface area contributed by atoms with Gasteiger partial charge in [-0.25, -0.2) is 0 Å². The molecule has 1 fully saturated rings. The van der Waals surface area contributed by atoms with Gasteiger partial charge in [0.1, 0.15) is 6.04 Å². The van der Waals surface area contributed by atoms with E-state index >= 15 is 0 Å². The highest BCUT2D eigenvalue weighted by Crippen LogP contribution is 2.23. The van der Waals surface area contributed by atoms with Crippen LogP contribution in [0.25, 0.3) is 0 Å². The summed E-state index contributed by atoms with van der Waals surface area (Å²) in [5, 5.41) is 11.9. The van der Waals surface area contributed by atoms with E-state index in [0.717, 1.165) is 19.4 Å². The Morgan fingerprint density at radius 2 is 2.27 bits per heavy atom. The second-order valence-electron chi connectivity index (χ2n) is 3.76. The van der Waals surface area contributed by atoms with Gasteiger partial charge in [-0.1, -0.05) is 0 Å². The molecule has 1 saturated carbocycles. The van der Waals surface area contributed by atoms with Crippen LogP contribution in [0.3, 0.4) is 0 Å². The minimum Gasteiger partial charge on any atom is -0.480 e. The van der Waals surface area contributed by atoms with Crippen LogP contribution in [-0.2, 0) is 14.3 Å². The van der Waals surface area contributed by atoms with E-state index in [-0.39, 0.29) is 12.6 Å². The monoisotopic (exact) mass is 217 g/mol. The summed E-state index contributed by atoms with van der Waals surface area (Å²) in [6, 6.07) is -0.361. The van der Waals surface area contributed by atoms with E-state index in [1.807, 2.05) is 6.92 Å². The second kappa shape index (κ2) is 6.05. The maximum atomic E-state index is 10.8. The summed E-state index contributed by atoms with van der Waals surface area (Å²) >= 11 is 0. The molecule has 1 aliphatic carbocycles. The van der Waals surface area contributed by atoms with Gasteiger partial charge in [0.15, 0.2) is 0 Å². The molecule has 1 rings (SSSR count). The molecule has 88 valence electrons. The Morgan fingerprint density at radius 1 is 1.60 bits per heavy atom. The van der Waals surface area contributed by atoms with Crippen LogP contribution >= 0.6 is 0 Å². The summed E-state index contributed by atoms with van der Waals surface area (Å²) < 4.78 is 10.2. The van der Waals surface area contributed by atoms with Crippen molar-refractivity contribution in [3.8, 4) is 0 Å². The van der Waals surface area contributed by atoms with E-state index in [2.05, 4.69) is 5.32 Å². The molecule has 0 aromatic rings. The molecule has 2 N–H and O–H groups in total. The fourth-order valence-corrected chi connectivity index (χ4v) is 1.72. The van der Waals surface area contributed by atoms with Crippen molar-refractivity contribution in [2.45, 2.75) is 38.0 Å². The van der Waals surface area contributed by atoms with Crippen molar-refractivity contribution in [2.75, 3.05) is 20.3 Å². The minimum atomic E-state index is -0.864. The molecule has 0 aromatic carbocycles. The maximum absolute atomic E-state index is 10.8. The Hall–Kier alpha value is -0.650. The molecular weight excluding hydrogens is 198 g/mol. The lowest BCUT2D eigenvalue weighted by Gasteiger charge is -2.37. The number of rotatable bonds is 7. The molecule has 1 atom stereocenters. The third-order valence-corrected chi connectivity index (χ3v) is 2.57. The van der Waals surface area contributed by atoms with Crippen LogP contribution in [0.15, 0.2) is 0 Å². The quantitative estimate of drug-likeness (QED) is 0.639. The van der Waals surface area contributed by atoms with Crippen LogP contribution in [0.4, 0.5) is 0 Å². The van der Waals surface area contributed by atoms with Crippen molar-refractivity contribution in [3.63, 3.8) is 0 Å². The van der Waals surface area contributed by atoms with E-state index < -0.39 is 12.0 Å². The van der Waals surface area contributed by atoms with Gasteiger partial charge in [0.2, 0.25) is 0 Å².